The van der Waals surface area contributed by atoms with Gasteiger partial charge in [-0.1, -0.05) is 36.4 Å². The highest BCUT2D eigenvalue weighted by molar-refractivity contribution is 5.91. The van der Waals surface area contributed by atoms with Crippen molar-refractivity contribution >= 4 is 28.6 Å². The van der Waals surface area contributed by atoms with Gasteiger partial charge in [-0.2, -0.15) is 0 Å². The Hall–Kier alpha value is -3.18. The first-order valence-electron chi connectivity index (χ1n) is 10.5. The van der Waals surface area contributed by atoms with Crippen molar-refractivity contribution in [2.45, 2.75) is 25.9 Å². The monoisotopic (exact) mass is 400 g/mol. The average molecular weight is 401 g/mol. The fourth-order valence-electron chi connectivity index (χ4n) is 3.92. The second-order valence-corrected chi connectivity index (χ2v) is 8.01. The van der Waals surface area contributed by atoms with E-state index in [0.717, 1.165) is 36.3 Å². The Kier molecular flexibility index (Phi) is 6.10. The highest BCUT2D eigenvalue weighted by Gasteiger charge is 2.14. The third kappa shape index (κ3) is 4.86. The van der Waals surface area contributed by atoms with Gasteiger partial charge in [0.1, 0.15) is 5.82 Å². The Labute approximate surface area is 177 Å². The number of fused-ring (bicyclic) bond motifs is 1. The number of hydrogen-bond donors (Lipinski definition) is 1. The zero-order valence-corrected chi connectivity index (χ0v) is 17.4. The van der Waals surface area contributed by atoms with Gasteiger partial charge in [-0.15, -0.1) is 0 Å². The van der Waals surface area contributed by atoms with Gasteiger partial charge < -0.3 is 10.6 Å². The maximum atomic E-state index is 12.6. The summed E-state index contributed by atoms with van der Waals surface area (Å²) in [6, 6.07) is 16.6. The van der Waals surface area contributed by atoms with Gasteiger partial charge in [0.05, 0.1) is 0 Å². The number of amides is 1. The normalized spacial score (nSPS) is 14.6. The summed E-state index contributed by atoms with van der Waals surface area (Å²) >= 11 is 0. The molecule has 0 spiro atoms. The zero-order chi connectivity index (χ0) is 20.9. The van der Waals surface area contributed by atoms with Crippen LogP contribution >= 0.6 is 0 Å². The molecule has 1 aliphatic rings. The molecule has 2 heterocycles. The summed E-state index contributed by atoms with van der Waals surface area (Å²) in [5.74, 6) is 0.528. The second kappa shape index (κ2) is 9.09. The molecule has 1 aliphatic heterocycles. The molecule has 30 heavy (non-hydrogen) atoms. The van der Waals surface area contributed by atoms with E-state index >= 15 is 0 Å². The average Bonchev–Trinajstić information content (AvgIpc) is 3.27. The smallest absolute Gasteiger partial charge is 0.246 e. The summed E-state index contributed by atoms with van der Waals surface area (Å²) in [6.45, 7) is 3.60. The minimum absolute atomic E-state index is 0.0407. The molecule has 0 saturated carbocycles. The fourth-order valence-corrected chi connectivity index (χ4v) is 3.92. The molecule has 0 radical (unpaired) electrons. The number of pyridine rings is 1. The molecule has 0 aliphatic carbocycles. The predicted octanol–water partition coefficient (Wildman–Crippen LogP) is 4.08. The van der Waals surface area contributed by atoms with Crippen LogP contribution in [0.25, 0.3) is 16.8 Å². The first kappa shape index (κ1) is 20.1. The van der Waals surface area contributed by atoms with Crippen LogP contribution < -0.4 is 5.73 Å². The first-order chi connectivity index (χ1) is 14.6. The van der Waals surface area contributed by atoms with Gasteiger partial charge in [0.15, 0.2) is 0 Å². The molecule has 2 aromatic carbocycles. The van der Waals surface area contributed by atoms with Crippen molar-refractivity contribution in [3.8, 4) is 0 Å². The minimum atomic E-state index is -0.0407. The molecule has 4 rings (SSSR count). The molecule has 5 nitrogen and oxygen atoms in total. The van der Waals surface area contributed by atoms with Gasteiger partial charge in [0.2, 0.25) is 5.91 Å². The van der Waals surface area contributed by atoms with Crippen molar-refractivity contribution in [1.29, 1.82) is 0 Å². The number of nitrogens with two attached hydrogens (primary N) is 1. The highest BCUT2D eigenvalue weighted by atomic mass is 16.2. The highest BCUT2D eigenvalue weighted by Crippen LogP contribution is 2.19. The van der Waals surface area contributed by atoms with Gasteiger partial charge in [0.25, 0.3) is 0 Å². The maximum Gasteiger partial charge on any atom is 0.246 e. The Morgan fingerprint density at radius 1 is 1.13 bits per heavy atom. The number of rotatable bonds is 6. The summed E-state index contributed by atoms with van der Waals surface area (Å²) in [5, 5.41) is 2.39. The molecule has 0 unspecified atom stereocenters. The van der Waals surface area contributed by atoms with E-state index < -0.39 is 0 Å². The number of aromatic nitrogens is 1. The molecule has 154 valence electrons. The van der Waals surface area contributed by atoms with Gasteiger partial charge in [-0.25, -0.2) is 4.98 Å². The number of likely N-dealkylation sites (N-methyl/N-ethyl adjacent to an activating group) is 1. The number of likely N-dealkylation sites (tertiary alicyclic amines) is 1. The van der Waals surface area contributed by atoms with E-state index in [1.54, 1.807) is 17.2 Å². The largest absolute Gasteiger partial charge is 0.383 e. The molecule has 1 fully saturated rings. The summed E-state index contributed by atoms with van der Waals surface area (Å²) in [6.07, 6.45) is 7.62. The number of nitrogen functional groups attached to an aromatic ring is 1. The number of benzene rings is 2. The van der Waals surface area contributed by atoms with Crippen LogP contribution in [0, 0.1) is 0 Å². The van der Waals surface area contributed by atoms with Gasteiger partial charge >= 0.3 is 0 Å². The molecular weight excluding hydrogens is 372 g/mol. The molecule has 0 bridgehead atoms. The Balaban J connectivity index is 1.40. The van der Waals surface area contributed by atoms with Crippen LogP contribution in [0.1, 0.15) is 29.5 Å². The number of hydrogen-bond acceptors (Lipinski definition) is 4. The van der Waals surface area contributed by atoms with Crippen LogP contribution in [0.5, 0.6) is 0 Å². The topological polar surface area (TPSA) is 62.5 Å². The lowest BCUT2D eigenvalue weighted by atomic mass is 10.1. The van der Waals surface area contributed by atoms with Crippen molar-refractivity contribution in [2.75, 3.05) is 25.9 Å². The van der Waals surface area contributed by atoms with Gasteiger partial charge in [0, 0.05) is 38.0 Å². The van der Waals surface area contributed by atoms with Crippen molar-refractivity contribution in [2.24, 2.45) is 0 Å². The molecule has 5 heteroatoms. The molecule has 1 amide bonds. The Bertz CT molecular complexity index is 1070. The van der Waals surface area contributed by atoms with Crippen LogP contribution in [0.2, 0.25) is 0 Å². The SMILES string of the molecule is CN(Cc1ccc2ccccc2c1)C(=O)C=Cc1cnc(N)c(CN2CCCC2)c1. The van der Waals surface area contributed by atoms with E-state index in [-0.39, 0.29) is 5.91 Å². The molecule has 1 aromatic heterocycles. The second-order valence-electron chi connectivity index (χ2n) is 8.01. The van der Waals surface area contributed by atoms with Crippen LogP contribution in [0.15, 0.2) is 60.8 Å². The zero-order valence-electron chi connectivity index (χ0n) is 17.4. The molecule has 0 atom stereocenters. The van der Waals surface area contributed by atoms with E-state index in [9.17, 15) is 4.79 Å². The summed E-state index contributed by atoms with van der Waals surface area (Å²) in [5.41, 5.74) is 9.09. The lowest BCUT2D eigenvalue weighted by Gasteiger charge is -2.16. The number of nitrogens with zero attached hydrogens (tertiary/aromatic N) is 3. The molecular formula is C25H28N4O. The van der Waals surface area contributed by atoms with Gasteiger partial charge in [-0.3, -0.25) is 9.69 Å². The van der Waals surface area contributed by atoms with E-state index in [2.05, 4.69) is 40.2 Å². The maximum absolute atomic E-state index is 12.6. The van der Waals surface area contributed by atoms with E-state index in [1.165, 1.54) is 23.6 Å². The van der Waals surface area contributed by atoms with Gasteiger partial charge in [-0.05, 0) is 66.0 Å². The van der Waals surface area contributed by atoms with E-state index in [0.29, 0.717) is 12.4 Å². The number of carbonyl (C=O) groups excluding carboxylic acids is 1. The number of anilines is 1. The lowest BCUT2D eigenvalue weighted by Crippen LogP contribution is -2.24. The minimum Gasteiger partial charge on any atom is -0.383 e. The third-order valence-corrected chi connectivity index (χ3v) is 5.64. The van der Waals surface area contributed by atoms with E-state index in [1.807, 2.05) is 31.3 Å². The third-order valence-electron chi connectivity index (χ3n) is 5.64. The van der Waals surface area contributed by atoms with Crippen LogP contribution in [-0.4, -0.2) is 40.8 Å². The Morgan fingerprint density at radius 3 is 2.70 bits per heavy atom. The quantitative estimate of drug-likeness (QED) is 0.633. The summed E-state index contributed by atoms with van der Waals surface area (Å²) in [4.78, 5) is 21.0. The summed E-state index contributed by atoms with van der Waals surface area (Å²) in [7, 11) is 1.82. The molecule has 2 N–H and O–H groups in total. The summed E-state index contributed by atoms with van der Waals surface area (Å²) < 4.78 is 0. The van der Waals surface area contributed by atoms with E-state index in [4.69, 9.17) is 5.73 Å². The van der Waals surface area contributed by atoms with Crippen LogP contribution in [0.3, 0.4) is 0 Å². The lowest BCUT2D eigenvalue weighted by molar-refractivity contribution is -0.125. The van der Waals surface area contributed by atoms with Crippen molar-refractivity contribution in [3.63, 3.8) is 0 Å². The first-order valence-corrected chi connectivity index (χ1v) is 10.5. The fraction of sp³-hybridized carbons (Fsp3) is 0.280. The number of carbonyl (C=O) groups is 1. The molecule has 3 aromatic rings. The Morgan fingerprint density at radius 2 is 1.90 bits per heavy atom. The molecule has 1 saturated heterocycles. The predicted molar refractivity (Wildman–Crippen MR) is 123 cm³/mol. The van der Waals surface area contributed by atoms with Crippen molar-refractivity contribution < 1.29 is 4.79 Å². The standard InChI is InChI=1S/C25H28N4O/c1-28(17-20-8-10-21-6-2-3-7-22(21)15-20)24(30)11-9-19-14-23(25(26)27-16-19)18-29-12-4-5-13-29/h2-3,6-11,14-16H,4-5,12-13,17-18H2,1H3,(H2,26,27). The van der Waals surface area contributed by atoms with Crippen molar-refractivity contribution in [1.82, 2.24) is 14.8 Å². The van der Waals surface area contributed by atoms with Crippen LogP contribution in [-0.2, 0) is 17.9 Å². The van der Waals surface area contributed by atoms with Crippen LogP contribution in [0.4, 0.5) is 5.82 Å². The van der Waals surface area contributed by atoms with Crippen molar-refractivity contribution in [3.05, 3.63) is 77.5 Å².